The average Bonchev–Trinajstić information content (AvgIpc) is 2.54. The lowest BCUT2D eigenvalue weighted by Crippen LogP contribution is -2.21. The van der Waals surface area contributed by atoms with Gasteiger partial charge >= 0.3 is 0 Å². The molecule has 0 aromatic heterocycles. The molecule has 0 saturated carbocycles. The van der Waals surface area contributed by atoms with Crippen molar-refractivity contribution in [2.75, 3.05) is 19.4 Å². The van der Waals surface area contributed by atoms with E-state index in [1.54, 1.807) is 7.11 Å². The van der Waals surface area contributed by atoms with E-state index in [4.69, 9.17) is 4.74 Å². The van der Waals surface area contributed by atoms with Crippen molar-refractivity contribution in [2.24, 2.45) is 0 Å². The van der Waals surface area contributed by atoms with Crippen LogP contribution < -0.4 is 10.1 Å². The zero-order chi connectivity index (χ0) is 15.1. The summed E-state index contributed by atoms with van der Waals surface area (Å²) in [5, 5.41) is 3.56. The van der Waals surface area contributed by atoms with E-state index in [1.165, 1.54) is 16.0 Å². The largest absolute Gasteiger partial charge is 0.497 e. The number of hydrogen-bond donors (Lipinski definition) is 1. The Balaban J connectivity index is 2.28. The van der Waals surface area contributed by atoms with E-state index >= 15 is 0 Å². The molecule has 0 bridgehead atoms. The van der Waals surface area contributed by atoms with Gasteiger partial charge in [0.1, 0.15) is 5.75 Å². The summed E-state index contributed by atoms with van der Waals surface area (Å²) in [6, 6.07) is 17.3. The lowest BCUT2D eigenvalue weighted by atomic mass is 9.98. The number of hydrogen-bond acceptors (Lipinski definition) is 3. The molecule has 0 spiro atoms. The van der Waals surface area contributed by atoms with E-state index in [2.05, 4.69) is 55.6 Å². The van der Waals surface area contributed by atoms with Crippen molar-refractivity contribution < 1.29 is 4.74 Å². The summed E-state index contributed by atoms with van der Waals surface area (Å²) in [7, 11) is 1.71. The zero-order valence-electron chi connectivity index (χ0n) is 12.9. The minimum atomic E-state index is 0.200. The Labute approximate surface area is 131 Å². The maximum Gasteiger partial charge on any atom is 0.119 e. The summed E-state index contributed by atoms with van der Waals surface area (Å²) in [5.41, 5.74) is 2.51. The first kappa shape index (κ1) is 15.9. The van der Waals surface area contributed by atoms with Crippen molar-refractivity contribution in [1.29, 1.82) is 0 Å². The van der Waals surface area contributed by atoms with Gasteiger partial charge in [-0.3, -0.25) is 0 Å². The topological polar surface area (TPSA) is 21.3 Å². The molecule has 2 aromatic carbocycles. The Morgan fingerprint density at radius 1 is 1.05 bits per heavy atom. The van der Waals surface area contributed by atoms with Crippen LogP contribution in [0.1, 0.15) is 31.0 Å². The number of nitrogens with one attached hydrogen (secondary N) is 1. The summed E-state index contributed by atoms with van der Waals surface area (Å²) in [6.07, 6.45) is 0. The van der Waals surface area contributed by atoms with E-state index in [1.807, 2.05) is 23.9 Å². The van der Waals surface area contributed by atoms with Crippen molar-refractivity contribution in [3.63, 3.8) is 0 Å². The Kier molecular flexibility index (Phi) is 6.15. The van der Waals surface area contributed by atoms with Crippen LogP contribution in [0.15, 0.2) is 53.4 Å². The number of benzene rings is 2. The molecule has 2 nitrogen and oxygen atoms in total. The summed E-state index contributed by atoms with van der Waals surface area (Å²) >= 11 is 1.87. The number of thioether (sulfide) groups is 1. The fraction of sp³-hybridized carbons (Fsp3) is 0.333. The zero-order valence-corrected chi connectivity index (χ0v) is 13.7. The minimum Gasteiger partial charge on any atom is -0.497 e. The van der Waals surface area contributed by atoms with Gasteiger partial charge in [0.05, 0.1) is 13.2 Å². The minimum absolute atomic E-state index is 0.200. The fourth-order valence-corrected chi connectivity index (χ4v) is 3.04. The molecule has 1 atom stereocenters. The monoisotopic (exact) mass is 301 g/mol. The van der Waals surface area contributed by atoms with Gasteiger partial charge in [0, 0.05) is 4.90 Å². The van der Waals surface area contributed by atoms with Crippen LogP contribution in [0.4, 0.5) is 0 Å². The number of rotatable bonds is 7. The molecule has 0 aliphatic carbocycles. The molecule has 0 amide bonds. The second-order valence-electron chi connectivity index (χ2n) is 4.77. The average molecular weight is 301 g/mol. The Bertz CT molecular complexity index is 553. The predicted molar refractivity (Wildman–Crippen MR) is 91.4 cm³/mol. The molecule has 1 N–H and O–H groups in total. The highest BCUT2D eigenvalue weighted by molar-refractivity contribution is 7.99. The van der Waals surface area contributed by atoms with Crippen molar-refractivity contribution >= 4 is 11.8 Å². The third-order valence-electron chi connectivity index (χ3n) is 3.36. The molecular formula is C18H23NOS. The molecule has 3 heteroatoms. The van der Waals surface area contributed by atoms with E-state index in [0.29, 0.717) is 0 Å². The maximum atomic E-state index is 5.34. The van der Waals surface area contributed by atoms with E-state index in [-0.39, 0.29) is 6.04 Å². The molecule has 0 heterocycles. The summed E-state index contributed by atoms with van der Waals surface area (Å²) in [6.45, 7) is 5.23. The van der Waals surface area contributed by atoms with E-state index in [0.717, 1.165) is 18.0 Å². The molecule has 21 heavy (non-hydrogen) atoms. The molecule has 2 aromatic rings. The Hall–Kier alpha value is -1.45. The van der Waals surface area contributed by atoms with Gasteiger partial charge in [-0.15, -0.1) is 11.8 Å². The maximum absolute atomic E-state index is 5.34. The second kappa shape index (κ2) is 8.11. The quantitative estimate of drug-likeness (QED) is 0.760. The highest BCUT2D eigenvalue weighted by atomic mass is 32.2. The molecule has 112 valence electrons. The van der Waals surface area contributed by atoms with Gasteiger partial charge < -0.3 is 10.1 Å². The SMILES string of the molecule is CCNC(c1ccc(SCC)cc1)c1cccc(OC)c1. The fourth-order valence-electron chi connectivity index (χ4n) is 2.38. The van der Waals surface area contributed by atoms with Gasteiger partial charge in [-0.1, -0.05) is 38.1 Å². The standard InChI is InChI=1S/C18H23NOS/c1-4-19-18(15-7-6-8-16(13-15)20-3)14-9-11-17(12-10-14)21-5-2/h6-13,18-19H,4-5H2,1-3H3. The predicted octanol–water partition coefficient (Wildman–Crippen LogP) is 4.51. The third-order valence-corrected chi connectivity index (χ3v) is 4.25. The van der Waals surface area contributed by atoms with E-state index in [9.17, 15) is 0 Å². The van der Waals surface area contributed by atoms with Crippen molar-refractivity contribution in [2.45, 2.75) is 24.8 Å². The van der Waals surface area contributed by atoms with E-state index < -0.39 is 0 Å². The molecule has 0 fully saturated rings. The van der Waals surface area contributed by atoms with Gasteiger partial charge in [0.25, 0.3) is 0 Å². The summed E-state index contributed by atoms with van der Waals surface area (Å²) in [4.78, 5) is 1.32. The highest BCUT2D eigenvalue weighted by Gasteiger charge is 2.13. The molecule has 0 aliphatic heterocycles. The second-order valence-corrected chi connectivity index (χ2v) is 6.11. The molecule has 2 rings (SSSR count). The van der Waals surface area contributed by atoms with Gasteiger partial charge in [-0.25, -0.2) is 0 Å². The lowest BCUT2D eigenvalue weighted by molar-refractivity contribution is 0.413. The van der Waals surface area contributed by atoms with Crippen LogP contribution in [-0.4, -0.2) is 19.4 Å². The van der Waals surface area contributed by atoms with Crippen LogP contribution in [0.3, 0.4) is 0 Å². The normalized spacial score (nSPS) is 12.1. The number of ether oxygens (including phenoxy) is 1. The van der Waals surface area contributed by atoms with Gasteiger partial charge in [0.15, 0.2) is 0 Å². The Morgan fingerprint density at radius 3 is 2.43 bits per heavy atom. The van der Waals surface area contributed by atoms with Crippen LogP contribution >= 0.6 is 11.8 Å². The van der Waals surface area contributed by atoms with Crippen LogP contribution in [0.5, 0.6) is 5.75 Å². The molecule has 1 unspecified atom stereocenters. The van der Waals surface area contributed by atoms with Gasteiger partial charge in [-0.2, -0.15) is 0 Å². The summed E-state index contributed by atoms with van der Waals surface area (Å²) < 4.78 is 5.34. The van der Waals surface area contributed by atoms with Crippen molar-refractivity contribution in [3.8, 4) is 5.75 Å². The molecule has 0 saturated heterocycles. The molecular weight excluding hydrogens is 278 g/mol. The smallest absolute Gasteiger partial charge is 0.119 e. The summed E-state index contributed by atoms with van der Waals surface area (Å²) in [5.74, 6) is 2.00. The van der Waals surface area contributed by atoms with Gasteiger partial charge in [-0.05, 0) is 47.7 Å². The number of methoxy groups -OCH3 is 1. The van der Waals surface area contributed by atoms with Crippen molar-refractivity contribution in [3.05, 3.63) is 59.7 Å². The van der Waals surface area contributed by atoms with Crippen LogP contribution in [0.25, 0.3) is 0 Å². The first-order chi connectivity index (χ1) is 10.3. The first-order valence-electron chi connectivity index (χ1n) is 7.38. The molecule has 0 radical (unpaired) electrons. The van der Waals surface area contributed by atoms with Crippen molar-refractivity contribution in [1.82, 2.24) is 5.32 Å². The highest BCUT2D eigenvalue weighted by Crippen LogP contribution is 2.27. The van der Waals surface area contributed by atoms with Crippen LogP contribution in [0, 0.1) is 0 Å². The van der Waals surface area contributed by atoms with Gasteiger partial charge in [0.2, 0.25) is 0 Å². The third kappa shape index (κ3) is 4.26. The Morgan fingerprint density at radius 2 is 1.81 bits per heavy atom. The lowest BCUT2D eigenvalue weighted by Gasteiger charge is -2.20. The van der Waals surface area contributed by atoms with Crippen LogP contribution in [0.2, 0.25) is 0 Å². The van der Waals surface area contributed by atoms with Crippen LogP contribution in [-0.2, 0) is 0 Å². The molecule has 0 aliphatic rings. The first-order valence-corrected chi connectivity index (χ1v) is 8.37.